The molecule has 4 aromatic rings. The molecule has 2 aliphatic rings. The van der Waals surface area contributed by atoms with Crippen LogP contribution >= 0.6 is 0 Å². The van der Waals surface area contributed by atoms with Gasteiger partial charge in [-0.3, -0.25) is 20.0 Å². The first-order valence-electron chi connectivity index (χ1n) is 13.7. The van der Waals surface area contributed by atoms with E-state index >= 15 is 0 Å². The zero-order valence-corrected chi connectivity index (χ0v) is 24.6. The number of aromatic nitrogens is 2. The number of pyridine rings is 2. The highest BCUT2D eigenvalue weighted by atomic mass is 16.4. The largest absolute Gasteiger partial charge is 0.478 e. The van der Waals surface area contributed by atoms with E-state index in [0.29, 0.717) is 0 Å². The standard InChI is InChI=1S/2C16H16N4O2/c1-10-5-6-12(16(21)22)8-15(10)20-9-14(18-19-20)13-4-3-7-17-11(13)2;1-10-5-6-12(16(21)22)8-14(10)20-15(9-18-19-20)13-4-3-7-17-11(13)2/h2*3-9,18-19H,1-2H3,(H,21,22). The number of aryl methyl sites for hydroxylation is 4. The maximum absolute atomic E-state index is 11.2. The van der Waals surface area contributed by atoms with Gasteiger partial charge in [0.25, 0.3) is 0 Å². The Kier molecular flexibility index (Phi) is 8.56. The average Bonchev–Trinajstić information content (AvgIpc) is 3.69. The van der Waals surface area contributed by atoms with E-state index < -0.39 is 11.9 Å². The highest BCUT2D eigenvalue weighted by Crippen LogP contribution is 2.31. The van der Waals surface area contributed by atoms with Crippen LogP contribution in [0.15, 0.2) is 85.5 Å². The predicted molar refractivity (Wildman–Crippen MR) is 168 cm³/mol. The number of rotatable bonds is 6. The zero-order chi connectivity index (χ0) is 31.4. The zero-order valence-electron chi connectivity index (χ0n) is 24.6. The number of carbonyl (C=O) groups is 2. The molecule has 0 amide bonds. The lowest BCUT2D eigenvalue weighted by Gasteiger charge is -2.24. The number of hydrogen-bond donors (Lipinski definition) is 6. The molecule has 0 saturated carbocycles. The summed E-state index contributed by atoms with van der Waals surface area (Å²) in [5.41, 5.74) is 21.6. The number of aromatic carboxylic acids is 2. The molecular weight excluding hydrogens is 560 g/mol. The summed E-state index contributed by atoms with van der Waals surface area (Å²) in [4.78, 5) is 30.9. The third-order valence-corrected chi connectivity index (χ3v) is 7.19. The van der Waals surface area contributed by atoms with Gasteiger partial charge in [0.05, 0.1) is 33.9 Å². The van der Waals surface area contributed by atoms with Crippen molar-refractivity contribution in [1.82, 2.24) is 31.9 Å². The Bertz CT molecular complexity index is 1800. The molecule has 0 radical (unpaired) electrons. The second-order valence-corrected chi connectivity index (χ2v) is 10.2. The summed E-state index contributed by atoms with van der Waals surface area (Å²) in [7, 11) is 0. The van der Waals surface area contributed by atoms with Gasteiger partial charge in [0.2, 0.25) is 0 Å². The highest BCUT2D eigenvalue weighted by molar-refractivity contribution is 5.91. The van der Waals surface area contributed by atoms with E-state index in [4.69, 9.17) is 5.11 Å². The van der Waals surface area contributed by atoms with E-state index in [1.165, 1.54) is 0 Å². The summed E-state index contributed by atoms with van der Waals surface area (Å²) in [5.74, 6) is -1.89. The van der Waals surface area contributed by atoms with Gasteiger partial charge in [-0.15, -0.1) is 11.1 Å². The van der Waals surface area contributed by atoms with Gasteiger partial charge in [0, 0.05) is 47.3 Å². The minimum absolute atomic E-state index is 0.247. The number of nitrogens with zero attached hydrogens (tertiary/aromatic N) is 4. The fourth-order valence-corrected chi connectivity index (χ4v) is 4.77. The molecule has 4 heterocycles. The summed E-state index contributed by atoms with van der Waals surface area (Å²) >= 11 is 0. The first kappa shape index (κ1) is 29.8. The maximum Gasteiger partial charge on any atom is 0.335 e. The smallest absolute Gasteiger partial charge is 0.335 e. The molecule has 6 N–H and O–H groups in total. The Balaban J connectivity index is 0.000000175. The number of anilines is 2. The van der Waals surface area contributed by atoms with Crippen molar-refractivity contribution in [3.8, 4) is 0 Å². The molecule has 2 aliphatic heterocycles. The van der Waals surface area contributed by atoms with Gasteiger partial charge in [-0.25, -0.2) is 9.59 Å². The van der Waals surface area contributed by atoms with Gasteiger partial charge in [-0.05, 0) is 87.4 Å². The third kappa shape index (κ3) is 6.21. The lowest BCUT2D eigenvalue weighted by atomic mass is 10.1. The van der Waals surface area contributed by atoms with Crippen molar-refractivity contribution in [1.29, 1.82) is 0 Å². The van der Waals surface area contributed by atoms with Gasteiger partial charge in [-0.1, -0.05) is 12.1 Å². The SMILES string of the molecule is Cc1ccc(C(=O)O)cc1N1C=C(c2cccnc2C)NN1.Cc1ccc(C(=O)O)cc1N1NNC=C1c1cccnc1C. The second kappa shape index (κ2) is 12.7. The lowest BCUT2D eigenvalue weighted by Crippen LogP contribution is -2.37. The van der Waals surface area contributed by atoms with Gasteiger partial charge < -0.3 is 21.1 Å². The van der Waals surface area contributed by atoms with Gasteiger partial charge >= 0.3 is 11.9 Å². The first-order valence-corrected chi connectivity index (χ1v) is 13.7. The molecule has 0 atom stereocenters. The van der Waals surface area contributed by atoms with Crippen molar-refractivity contribution in [3.05, 3.63) is 130 Å². The van der Waals surface area contributed by atoms with E-state index in [0.717, 1.165) is 56.4 Å². The first-order chi connectivity index (χ1) is 21.1. The van der Waals surface area contributed by atoms with E-state index in [1.54, 1.807) is 53.8 Å². The molecule has 44 heavy (non-hydrogen) atoms. The molecule has 2 aromatic heterocycles. The quantitative estimate of drug-likeness (QED) is 0.187. The van der Waals surface area contributed by atoms with Gasteiger partial charge in [0.1, 0.15) is 0 Å². The monoisotopic (exact) mass is 592 g/mol. The number of hydrogen-bond acceptors (Lipinski definition) is 10. The normalized spacial score (nSPS) is 13.7. The molecule has 12 heteroatoms. The summed E-state index contributed by atoms with van der Waals surface area (Å²) < 4.78 is 0. The number of hydrazine groups is 4. The highest BCUT2D eigenvalue weighted by Gasteiger charge is 2.23. The minimum Gasteiger partial charge on any atom is -0.478 e. The van der Waals surface area contributed by atoms with Crippen molar-refractivity contribution in [3.63, 3.8) is 0 Å². The molecule has 0 saturated heterocycles. The third-order valence-electron chi connectivity index (χ3n) is 7.19. The van der Waals surface area contributed by atoms with Crippen LogP contribution in [0.5, 0.6) is 0 Å². The fraction of sp³-hybridized carbons (Fsp3) is 0.125. The maximum atomic E-state index is 11.2. The van der Waals surface area contributed by atoms with Crippen LogP contribution in [0.25, 0.3) is 11.4 Å². The summed E-state index contributed by atoms with van der Waals surface area (Å²) in [6.07, 6.45) is 7.21. The van der Waals surface area contributed by atoms with Crippen molar-refractivity contribution in [2.24, 2.45) is 0 Å². The summed E-state index contributed by atoms with van der Waals surface area (Å²) in [6.45, 7) is 7.75. The molecule has 0 aliphatic carbocycles. The van der Waals surface area contributed by atoms with Crippen molar-refractivity contribution >= 4 is 34.7 Å². The molecule has 0 unspecified atom stereocenters. The fourth-order valence-electron chi connectivity index (χ4n) is 4.77. The lowest BCUT2D eigenvalue weighted by molar-refractivity contribution is 0.0686. The van der Waals surface area contributed by atoms with Crippen molar-refractivity contribution in [2.75, 3.05) is 10.0 Å². The van der Waals surface area contributed by atoms with Crippen molar-refractivity contribution < 1.29 is 19.8 Å². The number of carboxylic acid groups (broad SMARTS) is 2. The molecule has 224 valence electrons. The number of carboxylic acids is 2. The number of nitrogens with one attached hydrogen (secondary N) is 4. The van der Waals surface area contributed by atoms with Crippen LogP contribution in [0.3, 0.4) is 0 Å². The molecule has 0 bridgehead atoms. The molecular formula is C32H32N8O4. The van der Waals surface area contributed by atoms with Crippen LogP contribution in [0.4, 0.5) is 11.4 Å². The van der Waals surface area contributed by atoms with E-state index in [9.17, 15) is 14.7 Å². The summed E-state index contributed by atoms with van der Waals surface area (Å²) in [5, 5.41) is 21.9. The van der Waals surface area contributed by atoms with Gasteiger partial charge in [0.15, 0.2) is 0 Å². The molecule has 6 rings (SSSR count). The van der Waals surface area contributed by atoms with Crippen LogP contribution < -0.4 is 31.9 Å². The Labute approximate surface area is 254 Å². The second-order valence-electron chi connectivity index (χ2n) is 10.2. The summed E-state index contributed by atoms with van der Waals surface area (Å²) in [6, 6.07) is 17.8. The Morgan fingerprint density at radius 3 is 1.89 bits per heavy atom. The van der Waals surface area contributed by atoms with Gasteiger partial charge in [-0.2, -0.15) is 0 Å². The average molecular weight is 593 g/mol. The van der Waals surface area contributed by atoms with Crippen molar-refractivity contribution in [2.45, 2.75) is 27.7 Å². The topological polar surface area (TPSA) is 155 Å². The van der Waals surface area contributed by atoms with E-state index in [-0.39, 0.29) is 11.1 Å². The molecule has 0 spiro atoms. The minimum atomic E-state index is -0.948. The van der Waals surface area contributed by atoms with Crippen LogP contribution in [0, 0.1) is 27.7 Å². The Morgan fingerprint density at radius 2 is 1.30 bits per heavy atom. The van der Waals surface area contributed by atoms with Crippen LogP contribution in [0.2, 0.25) is 0 Å². The van der Waals surface area contributed by atoms with E-state index in [2.05, 4.69) is 31.9 Å². The molecule has 0 fully saturated rings. The molecule has 2 aromatic carbocycles. The Morgan fingerprint density at radius 1 is 0.727 bits per heavy atom. The van der Waals surface area contributed by atoms with Crippen LogP contribution in [-0.4, -0.2) is 32.1 Å². The number of benzene rings is 2. The van der Waals surface area contributed by atoms with E-state index in [1.807, 2.05) is 69.4 Å². The van der Waals surface area contributed by atoms with Crippen LogP contribution in [0.1, 0.15) is 54.4 Å². The Hall–Kier alpha value is -5.72. The molecule has 12 nitrogen and oxygen atoms in total. The van der Waals surface area contributed by atoms with Crippen LogP contribution in [-0.2, 0) is 0 Å². The predicted octanol–water partition coefficient (Wildman–Crippen LogP) is 4.45.